The summed E-state index contributed by atoms with van der Waals surface area (Å²) in [6, 6.07) is 2.92. The van der Waals surface area contributed by atoms with Crippen molar-refractivity contribution in [2.45, 2.75) is 38.6 Å². The lowest BCUT2D eigenvalue weighted by molar-refractivity contribution is 0.551. The number of anilines is 2. The predicted molar refractivity (Wildman–Crippen MR) is 79.7 cm³/mol. The highest BCUT2D eigenvalue weighted by Gasteiger charge is 2.39. The summed E-state index contributed by atoms with van der Waals surface area (Å²) in [5.41, 5.74) is 5.90. The molecule has 5 heteroatoms. The van der Waals surface area contributed by atoms with Crippen LogP contribution in [-0.4, -0.2) is 22.6 Å². The Morgan fingerprint density at radius 3 is 3.00 bits per heavy atom. The largest absolute Gasteiger partial charge is 0.368 e. The molecule has 2 aromatic heterocycles. The quantitative estimate of drug-likeness (QED) is 0.915. The third-order valence-corrected chi connectivity index (χ3v) is 5.64. The van der Waals surface area contributed by atoms with Crippen LogP contribution < -0.4 is 10.6 Å². The van der Waals surface area contributed by atoms with E-state index in [0.29, 0.717) is 12.0 Å². The summed E-state index contributed by atoms with van der Waals surface area (Å²) in [5, 5.41) is 1.20. The number of aromatic nitrogens is 2. The van der Waals surface area contributed by atoms with Gasteiger partial charge in [-0.2, -0.15) is 4.98 Å². The van der Waals surface area contributed by atoms with E-state index in [9.17, 15) is 0 Å². The lowest BCUT2D eigenvalue weighted by Crippen LogP contribution is -2.32. The lowest BCUT2D eigenvalue weighted by atomic mass is 10.1. The second-order valence-electron chi connectivity index (χ2n) is 5.68. The van der Waals surface area contributed by atoms with Gasteiger partial charge < -0.3 is 10.6 Å². The zero-order valence-electron chi connectivity index (χ0n) is 11.1. The molecule has 2 bridgehead atoms. The summed E-state index contributed by atoms with van der Waals surface area (Å²) in [7, 11) is 0. The van der Waals surface area contributed by atoms with Crippen molar-refractivity contribution in [1.29, 1.82) is 0 Å². The van der Waals surface area contributed by atoms with E-state index >= 15 is 0 Å². The lowest BCUT2D eigenvalue weighted by Gasteiger charge is -2.28. The maximum atomic E-state index is 5.90. The molecule has 0 amide bonds. The van der Waals surface area contributed by atoms with Crippen molar-refractivity contribution in [2.24, 2.45) is 5.92 Å². The molecule has 3 heterocycles. The molecule has 1 saturated heterocycles. The molecule has 4 rings (SSSR count). The first-order valence-electron chi connectivity index (χ1n) is 7.07. The molecule has 1 aliphatic heterocycles. The fourth-order valence-electron chi connectivity index (χ4n) is 3.55. The second-order valence-corrected chi connectivity index (χ2v) is 6.79. The molecule has 2 aromatic rings. The normalized spacial score (nSPS) is 25.6. The van der Waals surface area contributed by atoms with Crippen LogP contribution in [0.3, 0.4) is 0 Å². The van der Waals surface area contributed by atoms with Crippen LogP contribution in [0.5, 0.6) is 0 Å². The van der Waals surface area contributed by atoms with Gasteiger partial charge in [-0.1, -0.05) is 6.92 Å². The van der Waals surface area contributed by atoms with Gasteiger partial charge in [0.05, 0.1) is 5.39 Å². The number of hydrogen-bond donors (Lipinski definition) is 1. The molecular formula is C14H18N4S. The van der Waals surface area contributed by atoms with Gasteiger partial charge in [-0.25, -0.2) is 4.98 Å². The molecule has 2 N–H and O–H groups in total. The van der Waals surface area contributed by atoms with Crippen LogP contribution in [0.15, 0.2) is 6.07 Å². The number of nitrogens with zero attached hydrogens (tertiary/aromatic N) is 3. The van der Waals surface area contributed by atoms with Gasteiger partial charge in [-0.15, -0.1) is 11.3 Å². The Labute approximate surface area is 116 Å². The number of rotatable bonds is 2. The molecule has 2 fully saturated rings. The van der Waals surface area contributed by atoms with Crippen molar-refractivity contribution in [1.82, 2.24) is 9.97 Å². The maximum absolute atomic E-state index is 5.90. The Bertz CT molecular complexity index is 636. The van der Waals surface area contributed by atoms with Crippen molar-refractivity contribution in [2.75, 3.05) is 17.2 Å². The number of piperidine rings is 1. The van der Waals surface area contributed by atoms with Gasteiger partial charge in [-0.05, 0) is 37.7 Å². The average Bonchev–Trinajstić information content (AvgIpc) is 3.11. The minimum Gasteiger partial charge on any atom is -0.368 e. The van der Waals surface area contributed by atoms with E-state index in [2.05, 4.69) is 27.9 Å². The molecule has 0 aromatic carbocycles. The number of nitrogens with two attached hydrogens (primary N) is 1. The third kappa shape index (κ3) is 1.71. The summed E-state index contributed by atoms with van der Waals surface area (Å²) in [6.07, 6.45) is 5.07. The van der Waals surface area contributed by atoms with Gasteiger partial charge in [0.25, 0.3) is 0 Å². The Kier molecular flexibility index (Phi) is 2.45. The Balaban J connectivity index is 1.86. The van der Waals surface area contributed by atoms with Gasteiger partial charge >= 0.3 is 0 Å². The van der Waals surface area contributed by atoms with E-state index < -0.39 is 0 Å². The van der Waals surface area contributed by atoms with Gasteiger partial charge in [0.2, 0.25) is 5.95 Å². The number of nitrogen functional groups attached to an aromatic ring is 1. The van der Waals surface area contributed by atoms with Gasteiger partial charge in [0.1, 0.15) is 10.6 Å². The molecular weight excluding hydrogens is 256 g/mol. The van der Waals surface area contributed by atoms with Crippen LogP contribution in [0.2, 0.25) is 0 Å². The Morgan fingerprint density at radius 2 is 2.32 bits per heavy atom. The summed E-state index contributed by atoms with van der Waals surface area (Å²) in [6.45, 7) is 3.33. The predicted octanol–water partition coefficient (Wildman–Crippen LogP) is 2.82. The van der Waals surface area contributed by atoms with Crippen molar-refractivity contribution in [3.05, 3.63) is 10.9 Å². The van der Waals surface area contributed by atoms with Crippen LogP contribution in [-0.2, 0) is 6.42 Å². The maximum Gasteiger partial charge on any atom is 0.223 e. The van der Waals surface area contributed by atoms with Gasteiger partial charge in [0, 0.05) is 17.5 Å². The highest BCUT2D eigenvalue weighted by atomic mass is 32.1. The van der Waals surface area contributed by atoms with E-state index in [1.54, 1.807) is 11.3 Å². The molecule has 2 unspecified atom stereocenters. The van der Waals surface area contributed by atoms with Crippen molar-refractivity contribution >= 4 is 33.3 Å². The second kappa shape index (κ2) is 4.07. The number of hydrogen-bond acceptors (Lipinski definition) is 5. The Morgan fingerprint density at radius 1 is 1.42 bits per heavy atom. The molecule has 0 radical (unpaired) electrons. The van der Waals surface area contributed by atoms with E-state index in [0.717, 1.165) is 29.5 Å². The standard InChI is InChI=1S/C14H18N4S/c1-2-10-6-11-12(16-14(15)17-13(11)19-10)18-7-8-3-4-9(18)5-8/h6,8-9H,2-5,7H2,1H3,(H2,15,16,17). The van der Waals surface area contributed by atoms with Crippen LogP contribution in [0.25, 0.3) is 10.2 Å². The molecule has 1 saturated carbocycles. The highest BCUT2D eigenvalue weighted by molar-refractivity contribution is 7.18. The van der Waals surface area contributed by atoms with E-state index in [4.69, 9.17) is 5.73 Å². The van der Waals surface area contributed by atoms with Gasteiger partial charge in [0.15, 0.2) is 0 Å². The number of thiophene rings is 1. The fraction of sp³-hybridized carbons (Fsp3) is 0.571. The molecule has 19 heavy (non-hydrogen) atoms. The summed E-state index contributed by atoms with van der Waals surface area (Å²) in [5.74, 6) is 2.35. The first-order chi connectivity index (χ1) is 9.24. The van der Waals surface area contributed by atoms with E-state index in [-0.39, 0.29) is 0 Å². The molecule has 2 aliphatic rings. The minimum atomic E-state index is 0.412. The fourth-order valence-corrected chi connectivity index (χ4v) is 4.52. The van der Waals surface area contributed by atoms with Crippen molar-refractivity contribution in [3.63, 3.8) is 0 Å². The molecule has 1 aliphatic carbocycles. The van der Waals surface area contributed by atoms with Crippen LogP contribution >= 0.6 is 11.3 Å². The first kappa shape index (κ1) is 11.5. The minimum absolute atomic E-state index is 0.412. The molecule has 0 spiro atoms. The monoisotopic (exact) mass is 274 g/mol. The van der Waals surface area contributed by atoms with E-state index in [1.807, 2.05) is 0 Å². The molecule has 2 atom stereocenters. The third-order valence-electron chi connectivity index (χ3n) is 4.47. The topological polar surface area (TPSA) is 55.0 Å². The summed E-state index contributed by atoms with van der Waals surface area (Å²) >= 11 is 1.75. The zero-order chi connectivity index (χ0) is 13.0. The first-order valence-corrected chi connectivity index (χ1v) is 7.89. The number of fused-ring (bicyclic) bond motifs is 3. The van der Waals surface area contributed by atoms with Crippen LogP contribution in [0.1, 0.15) is 31.1 Å². The van der Waals surface area contributed by atoms with Crippen molar-refractivity contribution < 1.29 is 0 Å². The highest BCUT2D eigenvalue weighted by Crippen LogP contribution is 2.42. The van der Waals surface area contributed by atoms with Crippen molar-refractivity contribution in [3.8, 4) is 0 Å². The smallest absolute Gasteiger partial charge is 0.223 e. The molecule has 100 valence electrons. The Hall–Kier alpha value is -1.36. The zero-order valence-corrected chi connectivity index (χ0v) is 11.9. The number of aryl methyl sites for hydroxylation is 1. The SMILES string of the molecule is CCc1cc2c(N3CC4CCC3C4)nc(N)nc2s1. The molecule has 4 nitrogen and oxygen atoms in total. The van der Waals surface area contributed by atoms with E-state index in [1.165, 1.54) is 29.5 Å². The summed E-state index contributed by atoms with van der Waals surface area (Å²) < 4.78 is 0. The van der Waals surface area contributed by atoms with Crippen LogP contribution in [0.4, 0.5) is 11.8 Å². The van der Waals surface area contributed by atoms with Crippen LogP contribution in [0, 0.1) is 5.92 Å². The van der Waals surface area contributed by atoms with Gasteiger partial charge in [-0.3, -0.25) is 0 Å². The summed E-state index contributed by atoms with van der Waals surface area (Å²) in [4.78, 5) is 13.8. The average molecular weight is 274 g/mol.